The fourth-order valence-corrected chi connectivity index (χ4v) is 1.80. The molecule has 0 spiro atoms. The Morgan fingerprint density at radius 3 is 2.41 bits per heavy atom. The molecule has 96 valence electrons. The van der Waals surface area contributed by atoms with E-state index < -0.39 is 17.9 Å². The summed E-state index contributed by atoms with van der Waals surface area (Å²) in [5, 5.41) is 11.1. The Kier molecular flexibility index (Phi) is 4.09. The molecule has 1 aliphatic rings. The van der Waals surface area contributed by atoms with E-state index in [2.05, 4.69) is 5.32 Å². The van der Waals surface area contributed by atoms with Gasteiger partial charge in [-0.25, -0.2) is 0 Å². The van der Waals surface area contributed by atoms with Crippen molar-refractivity contribution in [2.24, 2.45) is 5.92 Å². The topological polar surface area (TPSA) is 86.7 Å². The minimum atomic E-state index is -1.08. The van der Waals surface area contributed by atoms with E-state index in [0.29, 0.717) is 6.54 Å². The van der Waals surface area contributed by atoms with E-state index in [1.165, 1.54) is 6.92 Å². The van der Waals surface area contributed by atoms with E-state index in [9.17, 15) is 14.4 Å². The SMILES string of the molecule is CC(NC(=O)C1CC(=O)N(C(C)C)C1)C(=O)O. The molecule has 17 heavy (non-hydrogen) atoms. The lowest BCUT2D eigenvalue weighted by Gasteiger charge is -2.21. The zero-order valence-electron chi connectivity index (χ0n) is 10.3. The summed E-state index contributed by atoms with van der Waals surface area (Å²) in [5.74, 6) is -1.94. The Morgan fingerprint density at radius 1 is 1.41 bits per heavy atom. The summed E-state index contributed by atoms with van der Waals surface area (Å²) in [6, 6.07) is -0.858. The first kappa shape index (κ1) is 13.5. The second-order valence-electron chi connectivity index (χ2n) is 4.61. The molecule has 2 N–H and O–H groups in total. The molecule has 2 unspecified atom stereocenters. The molecule has 1 fully saturated rings. The predicted molar refractivity (Wildman–Crippen MR) is 60.2 cm³/mol. The van der Waals surface area contributed by atoms with Crippen molar-refractivity contribution >= 4 is 17.8 Å². The normalized spacial score (nSPS) is 21.8. The molecule has 6 heteroatoms. The fourth-order valence-electron chi connectivity index (χ4n) is 1.80. The van der Waals surface area contributed by atoms with E-state index in [4.69, 9.17) is 5.11 Å². The van der Waals surface area contributed by atoms with E-state index in [0.717, 1.165) is 0 Å². The van der Waals surface area contributed by atoms with Gasteiger partial charge in [0, 0.05) is 19.0 Å². The molecule has 2 amide bonds. The number of rotatable bonds is 4. The van der Waals surface area contributed by atoms with Crippen molar-refractivity contribution in [3.05, 3.63) is 0 Å². The summed E-state index contributed by atoms with van der Waals surface area (Å²) in [5.41, 5.74) is 0. The van der Waals surface area contributed by atoms with Gasteiger partial charge in [0.2, 0.25) is 11.8 Å². The molecule has 0 aromatic carbocycles. The number of nitrogens with zero attached hydrogens (tertiary/aromatic N) is 1. The quantitative estimate of drug-likeness (QED) is 0.716. The molecule has 6 nitrogen and oxygen atoms in total. The molecule has 0 aromatic heterocycles. The van der Waals surface area contributed by atoms with Crippen LogP contribution >= 0.6 is 0 Å². The Balaban J connectivity index is 2.56. The third-order valence-electron chi connectivity index (χ3n) is 2.88. The van der Waals surface area contributed by atoms with Crippen molar-refractivity contribution in [1.82, 2.24) is 10.2 Å². The Bertz CT molecular complexity index is 340. The van der Waals surface area contributed by atoms with Crippen LogP contribution in [-0.2, 0) is 14.4 Å². The largest absolute Gasteiger partial charge is 0.480 e. The molecular weight excluding hydrogens is 224 g/mol. The summed E-state index contributed by atoms with van der Waals surface area (Å²) in [4.78, 5) is 35.5. The van der Waals surface area contributed by atoms with Crippen LogP contribution in [0.25, 0.3) is 0 Å². The highest BCUT2D eigenvalue weighted by Crippen LogP contribution is 2.20. The third-order valence-corrected chi connectivity index (χ3v) is 2.88. The number of carbonyl (C=O) groups excluding carboxylic acids is 2. The zero-order chi connectivity index (χ0) is 13.2. The average molecular weight is 242 g/mol. The summed E-state index contributed by atoms with van der Waals surface area (Å²) >= 11 is 0. The van der Waals surface area contributed by atoms with Crippen molar-refractivity contribution in [2.75, 3.05) is 6.54 Å². The van der Waals surface area contributed by atoms with Crippen molar-refractivity contribution in [2.45, 2.75) is 39.3 Å². The molecule has 0 bridgehead atoms. The van der Waals surface area contributed by atoms with Gasteiger partial charge < -0.3 is 15.3 Å². The van der Waals surface area contributed by atoms with Gasteiger partial charge in [0.05, 0.1) is 5.92 Å². The van der Waals surface area contributed by atoms with E-state index in [1.54, 1.807) is 4.90 Å². The van der Waals surface area contributed by atoms with Crippen molar-refractivity contribution in [3.63, 3.8) is 0 Å². The first-order chi connectivity index (χ1) is 7.82. The molecule has 1 heterocycles. The lowest BCUT2D eigenvalue weighted by molar-refractivity contribution is -0.141. The zero-order valence-corrected chi connectivity index (χ0v) is 10.3. The molecule has 1 saturated heterocycles. The van der Waals surface area contributed by atoms with E-state index in [-0.39, 0.29) is 24.3 Å². The number of hydrogen-bond acceptors (Lipinski definition) is 3. The van der Waals surface area contributed by atoms with Crippen molar-refractivity contribution in [3.8, 4) is 0 Å². The first-order valence-corrected chi connectivity index (χ1v) is 5.65. The highest BCUT2D eigenvalue weighted by Gasteiger charge is 2.36. The maximum atomic E-state index is 11.7. The number of amides is 2. The molecule has 1 aliphatic heterocycles. The lowest BCUT2D eigenvalue weighted by atomic mass is 10.1. The second-order valence-corrected chi connectivity index (χ2v) is 4.61. The smallest absolute Gasteiger partial charge is 0.325 e. The molecule has 0 radical (unpaired) electrons. The molecule has 1 rings (SSSR count). The standard InChI is InChI=1S/C11H18N2O4/c1-6(2)13-5-8(4-9(13)14)10(15)12-7(3)11(16)17/h6-8H,4-5H2,1-3H3,(H,12,15)(H,16,17). The summed E-state index contributed by atoms with van der Waals surface area (Å²) in [7, 11) is 0. The van der Waals surface area contributed by atoms with Gasteiger partial charge in [-0.05, 0) is 20.8 Å². The summed E-state index contributed by atoms with van der Waals surface area (Å²) in [6.45, 7) is 5.54. The predicted octanol–water partition coefficient (Wildman–Crippen LogP) is -0.167. The van der Waals surface area contributed by atoms with Crippen LogP contribution in [0, 0.1) is 5.92 Å². The number of carboxylic acids is 1. The molecular formula is C11H18N2O4. The first-order valence-electron chi connectivity index (χ1n) is 5.65. The van der Waals surface area contributed by atoms with E-state index >= 15 is 0 Å². The molecule has 0 aliphatic carbocycles. The number of carboxylic acid groups (broad SMARTS) is 1. The highest BCUT2D eigenvalue weighted by molar-refractivity contribution is 5.91. The van der Waals surface area contributed by atoms with E-state index in [1.807, 2.05) is 13.8 Å². The second kappa shape index (κ2) is 5.16. The van der Waals surface area contributed by atoms with Crippen LogP contribution in [-0.4, -0.2) is 46.4 Å². The van der Waals surface area contributed by atoms with Gasteiger partial charge in [-0.2, -0.15) is 0 Å². The fraction of sp³-hybridized carbons (Fsp3) is 0.727. The number of hydrogen-bond donors (Lipinski definition) is 2. The van der Waals surface area contributed by atoms with Gasteiger partial charge in [-0.1, -0.05) is 0 Å². The van der Waals surface area contributed by atoms with Gasteiger partial charge in [0.15, 0.2) is 0 Å². The average Bonchev–Trinajstić information content (AvgIpc) is 2.60. The highest BCUT2D eigenvalue weighted by atomic mass is 16.4. The monoisotopic (exact) mass is 242 g/mol. The lowest BCUT2D eigenvalue weighted by Crippen LogP contribution is -2.42. The van der Waals surface area contributed by atoms with Gasteiger partial charge >= 0.3 is 5.97 Å². The Labute approximate surface area is 100.0 Å². The number of aliphatic carboxylic acids is 1. The number of likely N-dealkylation sites (tertiary alicyclic amines) is 1. The van der Waals surface area contributed by atoms with Crippen LogP contribution < -0.4 is 5.32 Å². The maximum Gasteiger partial charge on any atom is 0.325 e. The summed E-state index contributed by atoms with van der Waals surface area (Å²) < 4.78 is 0. The molecule has 0 aromatic rings. The number of carbonyl (C=O) groups is 3. The Morgan fingerprint density at radius 2 is 2.00 bits per heavy atom. The van der Waals surface area contributed by atoms with Crippen LogP contribution in [0.3, 0.4) is 0 Å². The van der Waals surface area contributed by atoms with Gasteiger partial charge in [-0.15, -0.1) is 0 Å². The van der Waals surface area contributed by atoms with Gasteiger partial charge in [-0.3, -0.25) is 14.4 Å². The van der Waals surface area contributed by atoms with Crippen LogP contribution in [0.15, 0.2) is 0 Å². The Hall–Kier alpha value is -1.59. The van der Waals surface area contributed by atoms with Gasteiger partial charge in [0.1, 0.15) is 6.04 Å². The summed E-state index contributed by atoms with van der Waals surface area (Å²) in [6.07, 6.45) is 0.163. The van der Waals surface area contributed by atoms with Crippen molar-refractivity contribution in [1.29, 1.82) is 0 Å². The molecule has 0 saturated carbocycles. The van der Waals surface area contributed by atoms with Crippen LogP contribution in [0.4, 0.5) is 0 Å². The van der Waals surface area contributed by atoms with Crippen LogP contribution in [0.5, 0.6) is 0 Å². The third kappa shape index (κ3) is 3.18. The minimum Gasteiger partial charge on any atom is -0.480 e. The van der Waals surface area contributed by atoms with Crippen LogP contribution in [0.2, 0.25) is 0 Å². The van der Waals surface area contributed by atoms with Gasteiger partial charge in [0.25, 0.3) is 0 Å². The molecule has 2 atom stereocenters. The van der Waals surface area contributed by atoms with Crippen LogP contribution in [0.1, 0.15) is 27.2 Å². The number of nitrogens with one attached hydrogen (secondary N) is 1. The van der Waals surface area contributed by atoms with Crippen molar-refractivity contribution < 1.29 is 19.5 Å². The maximum absolute atomic E-state index is 11.7. The minimum absolute atomic E-state index is 0.0527.